The Hall–Kier alpha value is -0.730. The van der Waals surface area contributed by atoms with Gasteiger partial charge in [0.25, 0.3) is 0 Å². The van der Waals surface area contributed by atoms with Gasteiger partial charge in [-0.2, -0.15) is 0 Å². The molecule has 0 radical (unpaired) electrons. The first-order valence-corrected chi connectivity index (χ1v) is 6.31. The molecule has 0 heterocycles. The van der Waals surface area contributed by atoms with Crippen LogP contribution in [0.4, 0.5) is 0 Å². The molecule has 3 heteroatoms. The van der Waals surface area contributed by atoms with Crippen molar-refractivity contribution in [3.63, 3.8) is 0 Å². The Morgan fingerprint density at radius 1 is 1.25 bits per heavy atom. The summed E-state index contributed by atoms with van der Waals surface area (Å²) in [5.41, 5.74) is 0.348. The average molecular weight is 227 g/mol. The number of rotatable bonds is 6. The van der Waals surface area contributed by atoms with Gasteiger partial charge in [-0.3, -0.25) is 4.99 Å². The van der Waals surface area contributed by atoms with Gasteiger partial charge in [0.2, 0.25) is 0 Å². The van der Waals surface area contributed by atoms with Crippen molar-refractivity contribution in [1.29, 1.82) is 0 Å². The molecule has 0 spiro atoms. The van der Waals surface area contributed by atoms with Crippen LogP contribution in [0.5, 0.6) is 0 Å². The molecule has 0 unspecified atom stereocenters. The predicted molar refractivity (Wildman–Crippen MR) is 73.0 cm³/mol. The van der Waals surface area contributed by atoms with Gasteiger partial charge in [-0.05, 0) is 11.8 Å². The van der Waals surface area contributed by atoms with Crippen LogP contribution in [0.1, 0.15) is 46.5 Å². The predicted octanol–water partition coefficient (Wildman–Crippen LogP) is 2.73. The van der Waals surface area contributed by atoms with E-state index in [1.807, 2.05) is 26.0 Å². The van der Waals surface area contributed by atoms with Crippen LogP contribution in [0, 0.1) is 5.41 Å². The molecule has 1 N–H and O–H groups in total. The number of aliphatic imine (C=N–C) groups is 1. The molecule has 0 fully saturated rings. The fourth-order valence-corrected chi connectivity index (χ4v) is 1.70. The highest BCUT2D eigenvalue weighted by Crippen LogP contribution is 2.22. The molecule has 0 amide bonds. The molecule has 0 aromatic carbocycles. The highest BCUT2D eigenvalue weighted by atomic mass is 15.3. The summed E-state index contributed by atoms with van der Waals surface area (Å²) in [4.78, 5) is 6.23. The first-order valence-electron chi connectivity index (χ1n) is 6.31. The third-order valence-electron chi connectivity index (χ3n) is 2.82. The molecule has 96 valence electrons. The van der Waals surface area contributed by atoms with E-state index >= 15 is 0 Å². The van der Waals surface area contributed by atoms with E-state index in [4.69, 9.17) is 0 Å². The van der Waals surface area contributed by atoms with Crippen LogP contribution < -0.4 is 5.32 Å². The smallest absolute Gasteiger partial charge is 0.193 e. The van der Waals surface area contributed by atoms with E-state index in [0.717, 1.165) is 12.5 Å². The standard InChI is InChI=1S/C13H29N3/c1-7-8-9-10-13(2,3)11-15-12(14-4)16(5)6/h7-11H2,1-6H3,(H,14,15). The topological polar surface area (TPSA) is 27.6 Å². The van der Waals surface area contributed by atoms with Crippen LogP contribution in [0.15, 0.2) is 4.99 Å². The van der Waals surface area contributed by atoms with Gasteiger partial charge in [-0.25, -0.2) is 0 Å². The molecule has 0 aliphatic rings. The number of hydrogen-bond acceptors (Lipinski definition) is 1. The van der Waals surface area contributed by atoms with Gasteiger partial charge < -0.3 is 10.2 Å². The van der Waals surface area contributed by atoms with E-state index in [2.05, 4.69) is 31.1 Å². The first kappa shape index (κ1) is 15.3. The zero-order chi connectivity index (χ0) is 12.6. The quantitative estimate of drug-likeness (QED) is 0.429. The first-order chi connectivity index (χ1) is 7.43. The molecular weight excluding hydrogens is 198 g/mol. The van der Waals surface area contributed by atoms with E-state index in [1.54, 1.807) is 0 Å². The minimum Gasteiger partial charge on any atom is -0.356 e. The summed E-state index contributed by atoms with van der Waals surface area (Å²) in [6, 6.07) is 0. The molecule has 0 bridgehead atoms. The van der Waals surface area contributed by atoms with Crippen molar-refractivity contribution >= 4 is 5.96 Å². The lowest BCUT2D eigenvalue weighted by Crippen LogP contribution is -2.41. The monoisotopic (exact) mass is 227 g/mol. The fourth-order valence-electron chi connectivity index (χ4n) is 1.70. The van der Waals surface area contributed by atoms with Gasteiger partial charge in [0, 0.05) is 27.7 Å². The summed E-state index contributed by atoms with van der Waals surface area (Å²) >= 11 is 0. The fraction of sp³-hybridized carbons (Fsp3) is 0.923. The molecule has 0 aliphatic carbocycles. The third-order valence-corrected chi connectivity index (χ3v) is 2.82. The molecule has 0 rings (SSSR count). The maximum Gasteiger partial charge on any atom is 0.193 e. The van der Waals surface area contributed by atoms with E-state index in [1.165, 1.54) is 25.7 Å². The molecule has 16 heavy (non-hydrogen) atoms. The molecule has 0 saturated carbocycles. The second-order valence-electron chi connectivity index (χ2n) is 5.42. The summed E-state index contributed by atoms with van der Waals surface area (Å²) in [6.45, 7) is 7.87. The van der Waals surface area contributed by atoms with Gasteiger partial charge in [0.1, 0.15) is 0 Å². The lowest BCUT2D eigenvalue weighted by atomic mass is 9.87. The number of unbranched alkanes of at least 4 members (excludes halogenated alkanes) is 2. The summed E-state index contributed by atoms with van der Waals surface area (Å²) in [7, 11) is 5.85. The number of nitrogens with zero attached hydrogens (tertiary/aromatic N) is 2. The Kier molecular flexibility index (Phi) is 7.18. The van der Waals surface area contributed by atoms with Crippen molar-refractivity contribution in [2.45, 2.75) is 46.5 Å². The maximum absolute atomic E-state index is 4.22. The highest BCUT2D eigenvalue weighted by Gasteiger charge is 2.17. The van der Waals surface area contributed by atoms with Crippen molar-refractivity contribution in [2.75, 3.05) is 27.7 Å². The Labute approximate surface area is 101 Å². The molecule has 0 atom stereocenters. The van der Waals surface area contributed by atoms with E-state index in [9.17, 15) is 0 Å². The molecular formula is C13H29N3. The average Bonchev–Trinajstić information content (AvgIpc) is 2.18. The SMILES string of the molecule is CCCCCC(C)(C)CNC(=NC)N(C)C. The third kappa shape index (κ3) is 6.70. The van der Waals surface area contributed by atoms with Gasteiger partial charge in [-0.1, -0.05) is 40.0 Å². The minimum atomic E-state index is 0.348. The Morgan fingerprint density at radius 3 is 2.31 bits per heavy atom. The second-order valence-corrected chi connectivity index (χ2v) is 5.42. The Morgan fingerprint density at radius 2 is 1.88 bits per heavy atom. The van der Waals surface area contributed by atoms with E-state index in [0.29, 0.717) is 5.41 Å². The number of guanidine groups is 1. The van der Waals surface area contributed by atoms with Gasteiger partial charge in [0.15, 0.2) is 5.96 Å². The molecule has 0 saturated heterocycles. The lowest BCUT2D eigenvalue weighted by Gasteiger charge is -2.27. The second kappa shape index (κ2) is 7.53. The summed E-state index contributed by atoms with van der Waals surface area (Å²) in [5, 5.41) is 3.41. The Balaban J connectivity index is 3.97. The lowest BCUT2D eigenvalue weighted by molar-refractivity contribution is 0.315. The van der Waals surface area contributed by atoms with Crippen LogP contribution in [-0.2, 0) is 0 Å². The zero-order valence-electron chi connectivity index (χ0n) is 11.9. The summed E-state index contributed by atoms with van der Waals surface area (Å²) in [6.07, 6.45) is 5.23. The van der Waals surface area contributed by atoms with Crippen molar-refractivity contribution in [1.82, 2.24) is 10.2 Å². The van der Waals surface area contributed by atoms with Gasteiger partial charge in [-0.15, -0.1) is 0 Å². The normalized spacial score (nSPS) is 12.8. The molecule has 0 aromatic heterocycles. The van der Waals surface area contributed by atoms with E-state index < -0.39 is 0 Å². The van der Waals surface area contributed by atoms with Gasteiger partial charge >= 0.3 is 0 Å². The van der Waals surface area contributed by atoms with Crippen molar-refractivity contribution < 1.29 is 0 Å². The molecule has 0 aliphatic heterocycles. The Bertz CT molecular complexity index is 207. The minimum absolute atomic E-state index is 0.348. The van der Waals surface area contributed by atoms with Crippen LogP contribution in [0.3, 0.4) is 0 Å². The van der Waals surface area contributed by atoms with E-state index in [-0.39, 0.29) is 0 Å². The van der Waals surface area contributed by atoms with Crippen LogP contribution in [0.2, 0.25) is 0 Å². The molecule has 3 nitrogen and oxygen atoms in total. The summed E-state index contributed by atoms with van der Waals surface area (Å²) in [5.74, 6) is 0.962. The largest absolute Gasteiger partial charge is 0.356 e. The molecule has 0 aromatic rings. The summed E-state index contributed by atoms with van der Waals surface area (Å²) < 4.78 is 0. The maximum atomic E-state index is 4.22. The van der Waals surface area contributed by atoms with Crippen LogP contribution in [-0.4, -0.2) is 38.5 Å². The van der Waals surface area contributed by atoms with Crippen LogP contribution in [0.25, 0.3) is 0 Å². The van der Waals surface area contributed by atoms with Crippen molar-refractivity contribution in [2.24, 2.45) is 10.4 Å². The van der Waals surface area contributed by atoms with Crippen molar-refractivity contribution in [3.8, 4) is 0 Å². The van der Waals surface area contributed by atoms with Crippen molar-refractivity contribution in [3.05, 3.63) is 0 Å². The highest BCUT2D eigenvalue weighted by molar-refractivity contribution is 5.79. The van der Waals surface area contributed by atoms with Gasteiger partial charge in [0.05, 0.1) is 0 Å². The zero-order valence-corrected chi connectivity index (χ0v) is 11.9. The van der Waals surface area contributed by atoms with Crippen LogP contribution >= 0.6 is 0 Å². The number of nitrogens with one attached hydrogen (secondary N) is 1. The number of hydrogen-bond donors (Lipinski definition) is 1.